The van der Waals surface area contributed by atoms with Crippen LogP contribution < -0.4 is 10.6 Å². The maximum Gasteiger partial charge on any atom is 0.252 e. The minimum Gasteiger partial charge on any atom is -0.352 e. The summed E-state index contributed by atoms with van der Waals surface area (Å²) in [6, 6.07) is 3.54. The van der Waals surface area contributed by atoms with Crippen LogP contribution in [0.4, 0.5) is 0 Å². The van der Waals surface area contributed by atoms with Gasteiger partial charge in [-0.05, 0) is 58.7 Å². The fraction of sp³-hybridized carbons (Fsp3) is 0.571. The Morgan fingerprint density at radius 3 is 2.68 bits per heavy atom. The van der Waals surface area contributed by atoms with Gasteiger partial charge in [0.25, 0.3) is 5.91 Å². The maximum absolute atomic E-state index is 11.7. The minimum atomic E-state index is -0.0501. The van der Waals surface area contributed by atoms with Crippen molar-refractivity contribution in [3.63, 3.8) is 0 Å². The number of aromatic nitrogens is 1. The van der Waals surface area contributed by atoms with Crippen LogP contribution in [0.3, 0.4) is 0 Å². The number of nitrogens with one attached hydrogen (secondary N) is 2. The van der Waals surface area contributed by atoms with Gasteiger partial charge in [-0.25, -0.2) is 0 Å². The molecule has 0 saturated carbocycles. The van der Waals surface area contributed by atoms with Crippen LogP contribution in [0.1, 0.15) is 23.2 Å². The monoisotopic (exact) mass is 264 g/mol. The molecule has 0 aliphatic rings. The van der Waals surface area contributed by atoms with E-state index in [9.17, 15) is 4.79 Å². The summed E-state index contributed by atoms with van der Waals surface area (Å²) < 4.78 is 0. The Bertz CT molecular complexity index is 356. The quantitative estimate of drug-likeness (QED) is 0.646. The van der Waals surface area contributed by atoms with E-state index in [2.05, 4.69) is 27.6 Å². The zero-order valence-corrected chi connectivity index (χ0v) is 11.9. The van der Waals surface area contributed by atoms with Crippen LogP contribution in [0.25, 0.3) is 0 Å². The first-order chi connectivity index (χ1) is 9.24. The average molecular weight is 264 g/mol. The van der Waals surface area contributed by atoms with Crippen molar-refractivity contribution in [1.29, 1.82) is 0 Å². The van der Waals surface area contributed by atoms with E-state index in [1.165, 1.54) is 0 Å². The van der Waals surface area contributed by atoms with Crippen LogP contribution in [0.5, 0.6) is 0 Å². The van der Waals surface area contributed by atoms with Gasteiger partial charge in [0, 0.05) is 18.9 Å². The maximum atomic E-state index is 11.7. The molecular formula is C14H24N4O. The molecule has 1 rings (SSSR count). The molecule has 0 fully saturated rings. The summed E-state index contributed by atoms with van der Waals surface area (Å²) in [6.45, 7) is 3.82. The Morgan fingerprint density at radius 2 is 2.05 bits per heavy atom. The van der Waals surface area contributed by atoms with Crippen molar-refractivity contribution in [2.24, 2.45) is 0 Å². The highest BCUT2D eigenvalue weighted by Crippen LogP contribution is 1.95. The van der Waals surface area contributed by atoms with E-state index in [0.29, 0.717) is 12.1 Å². The molecule has 0 unspecified atom stereocenters. The normalized spacial score (nSPS) is 10.7. The molecule has 2 N–H and O–H groups in total. The Labute approximate surface area is 115 Å². The lowest BCUT2D eigenvalue weighted by molar-refractivity contribution is 0.0951. The first-order valence-electron chi connectivity index (χ1n) is 6.75. The Morgan fingerprint density at radius 1 is 1.32 bits per heavy atom. The molecule has 19 heavy (non-hydrogen) atoms. The molecule has 0 saturated heterocycles. The lowest BCUT2D eigenvalue weighted by Crippen LogP contribution is -2.29. The Kier molecular flexibility index (Phi) is 7.77. The number of pyridine rings is 1. The summed E-state index contributed by atoms with van der Waals surface area (Å²) in [5.74, 6) is -0.0501. The summed E-state index contributed by atoms with van der Waals surface area (Å²) >= 11 is 0. The van der Waals surface area contributed by atoms with Crippen LogP contribution in [-0.4, -0.2) is 56.1 Å². The van der Waals surface area contributed by atoms with Crippen LogP contribution in [0.2, 0.25) is 0 Å². The molecule has 1 amide bonds. The molecule has 106 valence electrons. The van der Waals surface area contributed by atoms with E-state index in [1.54, 1.807) is 24.5 Å². The van der Waals surface area contributed by atoms with Gasteiger partial charge in [0.05, 0.1) is 5.56 Å². The molecule has 1 heterocycles. The van der Waals surface area contributed by atoms with Crippen molar-refractivity contribution in [3.8, 4) is 0 Å². The second-order valence-corrected chi connectivity index (χ2v) is 4.61. The zero-order chi connectivity index (χ0) is 13.9. The molecule has 1 aromatic heterocycles. The first-order valence-corrected chi connectivity index (χ1v) is 6.75. The summed E-state index contributed by atoms with van der Waals surface area (Å²) in [6.07, 6.45) is 5.35. The molecule has 0 aromatic carbocycles. The second-order valence-electron chi connectivity index (χ2n) is 4.61. The van der Waals surface area contributed by atoms with Gasteiger partial charge in [0.1, 0.15) is 0 Å². The summed E-state index contributed by atoms with van der Waals surface area (Å²) in [5.41, 5.74) is 0.616. The molecule has 5 nitrogen and oxygen atoms in total. The van der Waals surface area contributed by atoms with E-state index < -0.39 is 0 Å². The highest BCUT2D eigenvalue weighted by molar-refractivity contribution is 5.93. The molecular weight excluding hydrogens is 240 g/mol. The van der Waals surface area contributed by atoms with Crippen LogP contribution in [-0.2, 0) is 0 Å². The largest absolute Gasteiger partial charge is 0.352 e. The highest BCUT2D eigenvalue weighted by Gasteiger charge is 2.04. The molecule has 5 heteroatoms. The van der Waals surface area contributed by atoms with Gasteiger partial charge in [-0.3, -0.25) is 9.78 Å². The molecule has 0 atom stereocenters. The number of hydrogen-bond donors (Lipinski definition) is 2. The highest BCUT2D eigenvalue weighted by atomic mass is 16.1. The SMILES string of the molecule is CNCCCN(C)CCCNC(=O)c1cccnc1. The molecule has 1 aromatic rings. The van der Waals surface area contributed by atoms with Crippen molar-refractivity contribution in [2.75, 3.05) is 40.3 Å². The van der Waals surface area contributed by atoms with Crippen LogP contribution in [0, 0.1) is 0 Å². The molecule has 0 bridgehead atoms. The summed E-state index contributed by atoms with van der Waals surface area (Å²) in [4.78, 5) is 17.9. The molecule has 0 aliphatic heterocycles. The van der Waals surface area contributed by atoms with Crippen molar-refractivity contribution >= 4 is 5.91 Å². The van der Waals surface area contributed by atoms with Crippen molar-refractivity contribution in [3.05, 3.63) is 30.1 Å². The minimum absolute atomic E-state index is 0.0501. The van der Waals surface area contributed by atoms with Crippen molar-refractivity contribution < 1.29 is 4.79 Å². The van der Waals surface area contributed by atoms with Crippen molar-refractivity contribution in [1.82, 2.24) is 20.5 Å². The first kappa shape index (κ1) is 15.6. The topological polar surface area (TPSA) is 57.3 Å². The second kappa shape index (κ2) is 9.47. The van der Waals surface area contributed by atoms with E-state index in [-0.39, 0.29) is 5.91 Å². The number of hydrogen-bond acceptors (Lipinski definition) is 4. The number of carbonyl (C=O) groups excluding carboxylic acids is 1. The van der Waals surface area contributed by atoms with Gasteiger partial charge in [-0.15, -0.1) is 0 Å². The van der Waals surface area contributed by atoms with Gasteiger partial charge < -0.3 is 15.5 Å². The fourth-order valence-electron chi connectivity index (χ4n) is 1.79. The predicted octanol–water partition coefficient (Wildman–Crippen LogP) is 0.743. The smallest absolute Gasteiger partial charge is 0.252 e. The summed E-state index contributed by atoms with van der Waals surface area (Å²) in [7, 11) is 4.08. The Hall–Kier alpha value is -1.46. The summed E-state index contributed by atoms with van der Waals surface area (Å²) in [5, 5.41) is 6.04. The van der Waals surface area contributed by atoms with Gasteiger partial charge in [-0.1, -0.05) is 0 Å². The predicted molar refractivity (Wildman–Crippen MR) is 77.2 cm³/mol. The number of rotatable bonds is 9. The fourth-order valence-corrected chi connectivity index (χ4v) is 1.79. The zero-order valence-electron chi connectivity index (χ0n) is 11.9. The van der Waals surface area contributed by atoms with E-state index in [1.807, 2.05) is 7.05 Å². The van der Waals surface area contributed by atoms with Crippen LogP contribution >= 0.6 is 0 Å². The average Bonchev–Trinajstić information content (AvgIpc) is 2.44. The molecule has 0 spiro atoms. The van der Waals surface area contributed by atoms with Gasteiger partial charge >= 0.3 is 0 Å². The Balaban J connectivity index is 2.09. The third kappa shape index (κ3) is 6.88. The van der Waals surface area contributed by atoms with Gasteiger partial charge in [0.15, 0.2) is 0 Å². The van der Waals surface area contributed by atoms with E-state index in [0.717, 1.165) is 32.5 Å². The number of carbonyl (C=O) groups is 1. The van der Waals surface area contributed by atoms with Crippen molar-refractivity contribution in [2.45, 2.75) is 12.8 Å². The standard InChI is InChI=1S/C14H24N4O/c1-15-7-4-10-18(2)11-5-9-17-14(19)13-6-3-8-16-12-13/h3,6,8,12,15H,4-5,7,9-11H2,1-2H3,(H,17,19). The third-order valence-corrected chi connectivity index (χ3v) is 2.89. The van der Waals surface area contributed by atoms with E-state index >= 15 is 0 Å². The van der Waals surface area contributed by atoms with E-state index in [4.69, 9.17) is 0 Å². The van der Waals surface area contributed by atoms with Gasteiger partial charge in [0.2, 0.25) is 0 Å². The lowest BCUT2D eigenvalue weighted by atomic mass is 10.2. The number of nitrogens with zero attached hydrogens (tertiary/aromatic N) is 2. The lowest BCUT2D eigenvalue weighted by Gasteiger charge is -2.16. The van der Waals surface area contributed by atoms with Gasteiger partial charge in [-0.2, -0.15) is 0 Å². The third-order valence-electron chi connectivity index (χ3n) is 2.89. The molecule has 0 aliphatic carbocycles. The molecule has 0 radical (unpaired) electrons. The van der Waals surface area contributed by atoms with Crippen LogP contribution in [0.15, 0.2) is 24.5 Å². The number of amides is 1.